The third-order valence-electron chi connectivity index (χ3n) is 1.63. The molecule has 1 rings (SSSR count). The van der Waals surface area contributed by atoms with Crippen molar-refractivity contribution in [3.63, 3.8) is 0 Å². The monoisotopic (exact) mass is 248 g/mol. The highest BCUT2D eigenvalue weighted by atomic mass is 32.2. The molecule has 4 nitrogen and oxygen atoms in total. The van der Waals surface area contributed by atoms with Gasteiger partial charge in [0.05, 0.1) is 0 Å². The summed E-state index contributed by atoms with van der Waals surface area (Å²) in [7, 11) is -3.33. The molecule has 1 heterocycles. The molecule has 86 valence electrons. The highest BCUT2D eigenvalue weighted by molar-refractivity contribution is 7.87. The third kappa shape index (κ3) is 5.27. The molecule has 0 amide bonds. The van der Waals surface area contributed by atoms with Crippen molar-refractivity contribution in [2.24, 2.45) is 0 Å². The van der Waals surface area contributed by atoms with Gasteiger partial charge < -0.3 is 0 Å². The third-order valence-corrected chi connectivity index (χ3v) is 3.94. The normalized spacial score (nSPS) is 12.2. The molecule has 0 radical (unpaired) electrons. The maximum absolute atomic E-state index is 11.4. The van der Waals surface area contributed by atoms with Crippen LogP contribution in [-0.2, 0) is 16.6 Å². The second-order valence-electron chi connectivity index (χ2n) is 3.50. The smallest absolute Gasteiger partial charge is 0.202 e. The van der Waals surface area contributed by atoms with Gasteiger partial charge in [0.1, 0.15) is 0 Å². The van der Waals surface area contributed by atoms with E-state index < -0.39 is 10.2 Å². The lowest BCUT2D eigenvalue weighted by atomic mass is 10.3. The molecule has 2 N–H and O–H groups in total. The summed E-state index contributed by atoms with van der Waals surface area (Å²) in [5.74, 6) is 0. The van der Waals surface area contributed by atoms with E-state index in [4.69, 9.17) is 0 Å². The van der Waals surface area contributed by atoms with Crippen molar-refractivity contribution < 1.29 is 8.42 Å². The molecular weight excluding hydrogens is 232 g/mol. The molecule has 0 spiro atoms. The maximum atomic E-state index is 11.4. The highest BCUT2D eigenvalue weighted by Gasteiger charge is 2.09. The van der Waals surface area contributed by atoms with Gasteiger partial charge in [-0.2, -0.15) is 13.1 Å². The molecule has 1 aromatic rings. The summed E-state index contributed by atoms with van der Waals surface area (Å²) in [6, 6.07) is 3.87. The standard InChI is InChI=1S/C9H16N2O2S2/c1-8(2)11-15(12,13)10-6-5-9-4-3-7-14-9/h3-4,7-8,10-11H,5-6H2,1-2H3. The molecule has 0 atom stereocenters. The zero-order valence-corrected chi connectivity index (χ0v) is 10.5. The molecule has 0 unspecified atom stereocenters. The first-order chi connectivity index (χ1) is 6.99. The Morgan fingerprint density at radius 2 is 2.20 bits per heavy atom. The molecule has 0 fully saturated rings. The summed E-state index contributed by atoms with van der Waals surface area (Å²) in [6.45, 7) is 4.01. The molecule has 15 heavy (non-hydrogen) atoms. The van der Waals surface area contributed by atoms with E-state index in [-0.39, 0.29) is 6.04 Å². The summed E-state index contributed by atoms with van der Waals surface area (Å²) < 4.78 is 27.7. The quantitative estimate of drug-likeness (QED) is 0.792. The van der Waals surface area contributed by atoms with E-state index in [0.717, 1.165) is 6.42 Å². The van der Waals surface area contributed by atoms with Gasteiger partial charge in [-0.3, -0.25) is 0 Å². The first kappa shape index (κ1) is 12.6. The Hall–Kier alpha value is -0.430. The fraction of sp³-hybridized carbons (Fsp3) is 0.556. The zero-order valence-electron chi connectivity index (χ0n) is 8.86. The largest absolute Gasteiger partial charge is 0.277 e. The SMILES string of the molecule is CC(C)NS(=O)(=O)NCCc1cccs1. The average molecular weight is 248 g/mol. The van der Waals surface area contributed by atoms with E-state index in [1.54, 1.807) is 25.2 Å². The van der Waals surface area contributed by atoms with Gasteiger partial charge in [0, 0.05) is 17.5 Å². The van der Waals surface area contributed by atoms with Crippen LogP contribution < -0.4 is 9.44 Å². The van der Waals surface area contributed by atoms with Gasteiger partial charge in [-0.05, 0) is 31.7 Å². The molecule has 0 saturated carbocycles. The van der Waals surface area contributed by atoms with Crippen LogP contribution in [0.1, 0.15) is 18.7 Å². The lowest BCUT2D eigenvalue weighted by Crippen LogP contribution is -2.40. The van der Waals surface area contributed by atoms with E-state index >= 15 is 0 Å². The van der Waals surface area contributed by atoms with E-state index in [2.05, 4.69) is 9.44 Å². The molecular formula is C9H16N2O2S2. The average Bonchev–Trinajstić information content (AvgIpc) is 2.53. The molecule has 0 bridgehead atoms. The van der Waals surface area contributed by atoms with Crippen LogP contribution in [0.25, 0.3) is 0 Å². The van der Waals surface area contributed by atoms with Crippen molar-refractivity contribution in [2.45, 2.75) is 26.3 Å². The van der Waals surface area contributed by atoms with Crippen molar-refractivity contribution >= 4 is 21.5 Å². The van der Waals surface area contributed by atoms with Gasteiger partial charge in [0.2, 0.25) is 0 Å². The van der Waals surface area contributed by atoms with Gasteiger partial charge in [-0.15, -0.1) is 11.3 Å². The molecule has 0 aliphatic rings. The topological polar surface area (TPSA) is 58.2 Å². The minimum Gasteiger partial charge on any atom is -0.202 e. The van der Waals surface area contributed by atoms with Crippen LogP contribution in [0.3, 0.4) is 0 Å². The van der Waals surface area contributed by atoms with Crippen LogP contribution in [0.5, 0.6) is 0 Å². The van der Waals surface area contributed by atoms with Gasteiger partial charge in [0.15, 0.2) is 0 Å². The van der Waals surface area contributed by atoms with Crippen LogP contribution in [0.2, 0.25) is 0 Å². The molecule has 1 aromatic heterocycles. The maximum Gasteiger partial charge on any atom is 0.277 e. The van der Waals surface area contributed by atoms with Gasteiger partial charge >= 0.3 is 0 Å². The van der Waals surface area contributed by atoms with Gasteiger partial charge in [-0.1, -0.05) is 6.07 Å². The van der Waals surface area contributed by atoms with Crippen LogP contribution >= 0.6 is 11.3 Å². The fourth-order valence-electron chi connectivity index (χ4n) is 1.12. The fourth-order valence-corrected chi connectivity index (χ4v) is 2.90. The minimum atomic E-state index is -3.33. The Morgan fingerprint density at radius 3 is 2.73 bits per heavy atom. The number of thiophene rings is 1. The van der Waals surface area contributed by atoms with Gasteiger partial charge in [-0.25, -0.2) is 4.72 Å². The van der Waals surface area contributed by atoms with E-state index in [1.807, 2.05) is 17.5 Å². The lowest BCUT2D eigenvalue weighted by molar-refractivity contribution is 0.555. The first-order valence-electron chi connectivity index (χ1n) is 4.79. The molecule has 6 heteroatoms. The molecule has 0 aliphatic carbocycles. The summed E-state index contributed by atoms with van der Waals surface area (Å²) in [6.07, 6.45) is 0.733. The molecule has 0 aliphatic heterocycles. The van der Waals surface area contributed by atoms with Crippen molar-refractivity contribution in [3.8, 4) is 0 Å². The second-order valence-corrected chi connectivity index (χ2v) is 6.06. The number of hydrogen-bond donors (Lipinski definition) is 2. The van der Waals surface area contributed by atoms with Crippen LogP contribution in [-0.4, -0.2) is 21.0 Å². The summed E-state index contributed by atoms with van der Waals surface area (Å²) >= 11 is 1.63. The highest BCUT2D eigenvalue weighted by Crippen LogP contribution is 2.08. The molecule has 0 aromatic carbocycles. The second kappa shape index (κ2) is 5.60. The number of rotatable bonds is 6. The van der Waals surface area contributed by atoms with Crippen molar-refractivity contribution in [3.05, 3.63) is 22.4 Å². The Kier molecular flexibility index (Phi) is 4.72. The van der Waals surface area contributed by atoms with Crippen LogP contribution in [0.15, 0.2) is 17.5 Å². The summed E-state index contributed by atoms with van der Waals surface area (Å²) in [5.41, 5.74) is 0. The predicted octanol–water partition coefficient (Wildman–Crippen LogP) is 1.12. The van der Waals surface area contributed by atoms with Gasteiger partial charge in [0.25, 0.3) is 10.2 Å². The van der Waals surface area contributed by atoms with E-state index in [1.165, 1.54) is 4.88 Å². The van der Waals surface area contributed by atoms with E-state index in [0.29, 0.717) is 6.54 Å². The Labute approximate surface area is 94.9 Å². The Bertz CT molecular complexity index is 371. The summed E-state index contributed by atoms with van der Waals surface area (Å²) in [4.78, 5) is 1.18. The zero-order chi connectivity index (χ0) is 11.3. The van der Waals surface area contributed by atoms with E-state index in [9.17, 15) is 8.42 Å². The Morgan fingerprint density at radius 1 is 1.47 bits per heavy atom. The predicted molar refractivity (Wildman–Crippen MR) is 63.2 cm³/mol. The first-order valence-corrected chi connectivity index (χ1v) is 7.15. The van der Waals surface area contributed by atoms with Crippen molar-refractivity contribution in [2.75, 3.05) is 6.54 Å². The minimum absolute atomic E-state index is 0.0794. The van der Waals surface area contributed by atoms with Crippen LogP contribution in [0.4, 0.5) is 0 Å². The lowest BCUT2D eigenvalue weighted by Gasteiger charge is -2.09. The number of nitrogens with one attached hydrogen (secondary N) is 2. The van der Waals surface area contributed by atoms with Crippen molar-refractivity contribution in [1.29, 1.82) is 0 Å². The summed E-state index contributed by atoms with van der Waals surface area (Å²) in [5, 5.41) is 1.98. The van der Waals surface area contributed by atoms with Crippen molar-refractivity contribution in [1.82, 2.24) is 9.44 Å². The Balaban J connectivity index is 2.31. The van der Waals surface area contributed by atoms with Crippen LogP contribution in [0, 0.1) is 0 Å². The number of hydrogen-bond acceptors (Lipinski definition) is 3. The molecule has 0 saturated heterocycles.